The zero-order chi connectivity index (χ0) is 56.2. The molecule has 0 aliphatic heterocycles. The number of rotatable bonds is 56. The SMILES string of the molecule is CC/C=C\C/C=C\C/C=C\C/C=C\C/C=C\C/C=C\C/C=C\CCCCCCCCCCCCCC(=O)OC(CO)COC(=O)CCCCCCCCCCC/C=C\C/C=C\C/C=C\C/C=C\C/C=C\C/C=C\C/C=C\CC. The van der Waals surface area contributed by atoms with Crippen molar-refractivity contribution in [2.75, 3.05) is 13.2 Å². The van der Waals surface area contributed by atoms with Crippen LogP contribution in [0.5, 0.6) is 0 Å². The van der Waals surface area contributed by atoms with Gasteiger partial charge in [0.05, 0.1) is 6.61 Å². The number of allylic oxidation sites excluding steroid dienone is 28. The third-order valence-corrected chi connectivity index (χ3v) is 13.0. The fraction of sp³-hybridized carbons (Fsp3) is 0.589. The molecule has 0 aromatic carbocycles. The zero-order valence-electron chi connectivity index (χ0n) is 50.1. The van der Waals surface area contributed by atoms with Gasteiger partial charge in [-0.05, 0) is 128 Å². The Morgan fingerprint density at radius 3 is 0.769 bits per heavy atom. The molecule has 0 saturated carbocycles. The number of hydrogen-bond acceptors (Lipinski definition) is 5. The molecule has 0 saturated heterocycles. The maximum Gasteiger partial charge on any atom is 0.306 e. The van der Waals surface area contributed by atoms with Crippen molar-refractivity contribution in [3.05, 3.63) is 170 Å². The molecule has 1 atom stereocenters. The van der Waals surface area contributed by atoms with Gasteiger partial charge in [-0.25, -0.2) is 0 Å². The van der Waals surface area contributed by atoms with E-state index >= 15 is 0 Å². The van der Waals surface area contributed by atoms with E-state index in [-0.39, 0.29) is 25.2 Å². The maximum atomic E-state index is 12.3. The lowest BCUT2D eigenvalue weighted by Crippen LogP contribution is -2.28. The average molecular weight is 1070 g/mol. The van der Waals surface area contributed by atoms with Crippen LogP contribution < -0.4 is 0 Å². The molecule has 0 heterocycles. The first-order valence-corrected chi connectivity index (χ1v) is 31.7. The van der Waals surface area contributed by atoms with E-state index in [1.165, 1.54) is 96.3 Å². The minimum absolute atomic E-state index is 0.0802. The number of unbranched alkanes of at least 4 members (excludes halogenated alkanes) is 20. The normalized spacial score (nSPS) is 13.4. The Kier molecular flexibility index (Phi) is 62.5. The highest BCUT2D eigenvalue weighted by molar-refractivity contribution is 5.70. The highest BCUT2D eigenvalue weighted by Gasteiger charge is 2.16. The van der Waals surface area contributed by atoms with Crippen LogP contribution in [0.25, 0.3) is 0 Å². The molecule has 438 valence electrons. The number of carbonyl (C=O) groups excluding carboxylic acids is 2. The van der Waals surface area contributed by atoms with Gasteiger partial charge in [0.15, 0.2) is 6.10 Å². The van der Waals surface area contributed by atoms with Crippen molar-refractivity contribution < 1.29 is 24.2 Å². The second kappa shape index (κ2) is 66.5. The van der Waals surface area contributed by atoms with Crippen LogP contribution in [-0.2, 0) is 19.1 Å². The predicted octanol–water partition coefficient (Wildman–Crippen LogP) is 22.1. The molecule has 0 spiro atoms. The molecule has 78 heavy (non-hydrogen) atoms. The van der Waals surface area contributed by atoms with Crippen LogP contribution in [0.1, 0.15) is 258 Å². The third kappa shape index (κ3) is 63.8. The second-order valence-electron chi connectivity index (χ2n) is 20.4. The molecule has 0 fully saturated rings. The predicted molar refractivity (Wildman–Crippen MR) is 343 cm³/mol. The summed E-state index contributed by atoms with van der Waals surface area (Å²) in [5, 5.41) is 9.69. The molecule has 5 heteroatoms. The Morgan fingerprint density at radius 1 is 0.295 bits per heavy atom. The molecule has 0 aromatic heterocycles. The Balaban J connectivity index is 3.58. The van der Waals surface area contributed by atoms with Crippen LogP contribution in [0.3, 0.4) is 0 Å². The summed E-state index contributed by atoms with van der Waals surface area (Å²) in [4.78, 5) is 24.6. The Hall–Kier alpha value is -4.74. The molecule has 0 aliphatic carbocycles. The lowest BCUT2D eigenvalue weighted by atomic mass is 10.0. The summed E-state index contributed by atoms with van der Waals surface area (Å²) < 4.78 is 10.7. The first kappa shape index (κ1) is 73.3. The van der Waals surface area contributed by atoms with Gasteiger partial charge in [-0.1, -0.05) is 287 Å². The number of ether oxygens (including phenoxy) is 2. The van der Waals surface area contributed by atoms with Gasteiger partial charge in [-0.3, -0.25) is 9.59 Å². The van der Waals surface area contributed by atoms with Gasteiger partial charge in [0.1, 0.15) is 6.61 Å². The van der Waals surface area contributed by atoms with Crippen molar-refractivity contribution in [1.82, 2.24) is 0 Å². The number of esters is 2. The van der Waals surface area contributed by atoms with Gasteiger partial charge in [0.2, 0.25) is 0 Å². The smallest absolute Gasteiger partial charge is 0.306 e. The minimum atomic E-state index is -0.790. The molecule has 0 aliphatic rings. The van der Waals surface area contributed by atoms with Crippen molar-refractivity contribution in [3.63, 3.8) is 0 Å². The summed E-state index contributed by atoms with van der Waals surface area (Å²) in [6.07, 6.45) is 103. The van der Waals surface area contributed by atoms with Crippen molar-refractivity contribution in [3.8, 4) is 0 Å². The molecule has 5 nitrogen and oxygen atoms in total. The van der Waals surface area contributed by atoms with Gasteiger partial charge >= 0.3 is 11.9 Å². The van der Waals surface area contributed by atoms with Gasteiger partial charge in [-0.2, -0.15) is 0 Å². The van der Waals surface area contributed by atoms with E-state index in [0.29, 0.717) is 12.8 Å². The van der Waals surface area contributed by atoms with Crippen molar-refractivity contribution in [1.29, 1.82) is 0 Å². The molecule has 0 bridgehead atoms. The summed E-state index contributed by atoms with van der Waals surface area (Å²) in [6.45, 7) is 3.90. The number of aliphatic hydroxyl groups excluding tert-OH is 1. The molecule has 0 aromatic rings. The minimum Gasteiger partial charge on any atom is -0.462 e. The fourth-order valence-corrected chi connectivity index (χ4v) is 8.34. The maximum absolute atomic E-state index is 12.3. The van der Waals surface area contributed by atoms with Crippen LogP contribution in [-0.4, -0.2) is 36.4 Å². The van der Waals surface area contributed by atoms with Gasteiger partial charge in [-0.15, -0.1) is 0 Å². The summed E-state index contributed by atoms with van der Waals surface area (Å²) >= 11 is 0. The summed E-state index contributed by atoms with van der Waals surface area (Å²) in [7, 11) is 0. The van der Waals surface area contributed by atoms with Crippen molar-refractivity contribution in [2.24, 2.45) is 0 Å². The van der Waals surface area contributed by atoms with E-state index in [1.54, 1.807) is 0 Å². The lowest BCUT2D eigenvalue weighted by Gasteiger charge is -2.15. The standard InChI is InChI=1S/C73H116O5/c1-3-5-7-9-11-13-15-17-19-21-23-25-27-29-31-33-35-36-38-40-42-44-46-48-50-52-54-56-58-60-62-64-66-68-73(76)78-71(69-74)70-77-72(75)67-65-63-61-59-57-55-53-51-49-47-45-43-41-39-37-34-32-30-28-26-24-22-20-18-16-14-12-10-8-6-4-2/h5-8,11-14,17-20,23-26,29-32,35-37,39-40,42-43,45,71,74H,3-4,9-10,15-16,21-22,27-28,33-34,38,41,44,46-70H2,1-2H3/b7-5-,8-6-,13-11-,14-12-,19-17-,20-18-,25-23-,26-24-,31-29-,32-30-,36-35-,39-37-,42-40-,45-43-. The topological polar surface area (TPSA) is 72.8 Å². The van der Waals surface area contributed by atoms with Crippen molar-refractivity contribution in [2.45, 2.75) is 264 Å². The second-order valence-corrected chi connectivity index (χ2v) is 20.4. The first-order valence-electron chi connectivity index (χ1n) is 31.7. The molecule has 1 unspecified atom stereocenters. The van der Waals surface area contributed by atoms with E-state index in [4.69, 9.17) is 9.47 Å². The number of carbonyl (C=O) groups is 2. The molecule has 0 rings (SSSR count). The molecule has 1 N–H and O–H groups in total. The quantitative estimate of drug-likeness (QED) is 0.0373. The molecular formula is C73H116O5. The third-order valence-electron chi connectivity index (χ3n) is 13.0. The van der Waals surface area contributed by atoms with Gasteiger partial charge in [0.25, 0.3) is 0 Å². The van der Waals surface area contributed by atoms with E-state index in [1.807, 2.05) is 0 Å². The first-order chi connectivity index (χ1) is 38.6. The van der Waals surface area contributed by atoms with Crippen LogP contribution in [0.15, 0.2) is 170 Å². The van der Waals surface area contributed by atoms with Crippen LogP contribution in [0.4, 0.5) is 0 Å². The Morgan fingerprint density at radius 2 is 0.513 bits per heavy atom. The van der Waals surface area contributed by atoms with E-state index in [0.717, 1.165) is 135 Å². The summed E-state index contributed by atoms with van der Waals surface area (Å²) in [5.41, 5.74) is 0. The molecule has 0 amide bonds. The highest BCUT2D eigenvalue weighted by Crippen LogP contribution is 2.15. The van der Waals surface area contributed by atoms with Crippen molar-refractivity contribution >= 4 is 11.9 Å². The number of hydrogen-bond donors (Lipinski definition) is 1. The van der Waals surface area contributed by atoms with E-state index in [9.17, 15) is 14.7 Å². The molecular weight excluding hydrogens is 957 g/mol. The van der Waals surface area contributed by atoms with Crippen LogP contribution >= 0.6 is 0 Å². The largest absolute Gasteiger partial charge is 0.462 e. The van der Waals surface area contributed by atoms with E-state index < -0.39 is 6.10 Å². The van der Waals surface area contributed by atoms with E-state index in [2.05, 4.69) is 184 Å². The fourth-order valence-electron chi connectivity index (χ4n) is 8.34. The Bertz CT molecular complexity index is 1740. The molecule has 0 radical (unpaired) electrons. The van der Waals surface area contributed by atoms with Gasteiger partial charge in [0, 0.05) is 12.8 Å². The van der Waals surface area contributed by atoms with Crippen LogP contribution in [0, 0.1) is 0 Å². The van der Waals surface area contributed by atoms with Gasteiger partial charge < -0.3 is 14.6 Å². The highest BCUT2D eigenvalue weighted by atomic mass is 16.6. The van der Waals surface area contributed by atoms with Crippen LogP contribution in [0.2, 0.25) is 0 Å². The number of aliphatic hydroxyl groups is 1. The zero-order valence-corrected chi connectivity index (χ0v) is 50.1. The summed E-state index contributed by atoms with van der Waals surface area (Å²) in [5.74, 6) is -0.609. The Labute approximate surface area is 481 Å². The summed E-state index contributed by atoms with van der Waals surface area (Å²) in [6, 6.07) is 0. The average Bonchev–Trinajstić information content (AvgIpc) is 3.44. The lowest BCUT2D eigenvalue weighted by molar-refractivity contribution is -0.161. The monoisotopic (exact) mass is 1070 g/mol.